The monoisotopic (exact) mass is 555 g/mol. The lowest BCUT2D eigenvalue weighted by Crippen LogP contribution is -2.47. The van der Waals surface area contributed by atoms with E-state index in [1.54, 1.807) is 42.7 Å². The van der Waals surface area contributed by atoms with E-state index >= 15 is 0 Å². The number of hydrogen-bond donors (Lipinski definition) is 2. The molecule has 2 amide bonds. The van der Waals surface area contributed by atoms with E-state index in [9.17, 15) is 18.4 Å². The molecule has 2 fully saturated rings. The van der Waals surface area contributed by atoms with Gasteiger partial charge in [0.05, 0.1) is 11.7 Å². The van der Waals surface area contributed by atoms with Gasteiger partial charge in [-0.25, -0.2) is 19.4 Å². The average molecular weight is 556 g/mol. The standard InChI is InChI=1S/C26H36ClF2N5O4/c1-25(2,3)38-24(36)34-10-7-15-16(27)5-6-19(37-13-17(30)22(23(28)29)32(4)31)21(15)18(34)12-33-14-26(8-9-26)11-20(33)35/h5-6,18,23H,7-14,30-31H2,1-4H3/b22-17-/t18-/m1/s1. The molecule has 1 spiro atoms. The van der Waals surface area contributed by atoms with Gasteiger partial charge in [-0.2, -0.15) is 0 Å². The number of benzene rings is 1. The van der Waals surface area contributed by atoms with Crippen molar-refractivity contribution in [2.24, 2.45) is 17.0 Å². The van der Waals surface area contributed by atoms with Gasteiger partial charge in [-0.05, 0) is 63.1 Å². The normalized spacial score (nSPS) is 21.0. The molecular formula is C26H36ClF2N5O4. The Bertz CT molecular complexity index is 1120. The van der Waals surface area contributed by atoms with Gasteiger partial charge in [0.15, 0.2) is 0 Å². The minimum atomic E-state index is -2.89. The van der Waals surface area contributed by atoms with Crippen LogP contribution in [0.3, 0.4) is 0 Å². The molecule has 4 N–H and O–H groups in total. The highest BCUT2D eigenvalue weighted by Crippen LogP contribution is 2.53. The lowest BCUT2D eigenvalue weighted by Gasteiger charge is -2.40. The topological polar surface area (TPSA) is 114 Å². The number of allylic oxidation sites excluding steroid dienone is 1. The molecule has 38 heavy (non-hydrogen) atoms. The summed E-state index contributed by atoms with van der Waals surface area (Å²) in [5.41, 5.74) is 5.86. The molecule has 0 unspecified atom stereocenters. The molecule has 210 valence electrons. The van der Waals surface area contributed by atoms with Crippen LogP contribution in [0.15, 0.2) is 23.5 Å². The Balaban J connectivity index is 1.71. The van der Waals surface area contributed by atoms with Crippen molar-refractivity contribution < 1.29 is 27.8 Å². The summed E-state index contributed by atoms with van der Waals surface area (Å²) in [5.74, 6) is 5.92. The van der Waals surface area contributed by atoms with Crippen LogP contribution in [-0.4, -0.2) is 72.1 Å². The average Bonchev–Trinajstić information content (AvgIpc) is 3.47. The first kappa shape index (κ1) is 28.2. The van der Waals surface area contributed by atoms with E-state index in [1.165, 1.54) is 7.05 Å². The van der Waals surface area contributed by atoms with E-state index in [0.717, 1.165) is 23.4 Å². The molecule has 2 heterocycles. The molecule has 9 nitrogen and oxygen atoms in total. The van der Waals surface area contributed by atoms with Gasteiger partial charge in [0, 0.05) is 43.7 Å². The van der Waals surface area contributed by atoms with Crippen molar-refractivity contribution in [2.45, 2.75) is 64.5 Å². The number of halogens is 3. The Morgan fingerprint density at radius 1 is 1.32 bits per heavy atom. The second-order valence-corrected chi connectivity index (χ2v) is 11.8. The van der Waals surface area contributed by atoms with E-state index in [0.29, 0.717) is 42.3 Å². The van der Waals surface area contributed by atoms with Crippen molar-refractivity contribution in [3.8, 4) is 5.75 Å². The SMILES string of the molecule is CN(N)/C(=C(\N)COc1ccc(Cl)c2c1[C@@H](CN1CC3(CC3)CC1=O)N(C(=O)OC(C)(C)C)CC2)C(F)F. The van der Waals surface area contributed by atoms with Gasteiger partial charge in [-0.1, -0.05) is 11.6 Å². The highest BCUT2D eigenvalue weighted by molar-refractivity contribution is 6.31. The molecule has 1 saturated heterocycles. The van der Waals surface area contributed by atoms with Crippen LogP contribution in [-0.2, 0) is 16.0 Å². The Kier molecular flexibility index (Phi) is 7.73. The largest absolute Gasteiger partial charge is 0.487 e. The number of amides is 2. The molecule has 0 bridgehead atoms. The summed E-state index contributed by atoms with van der Waals surface area (Å²) in [7, 11) is 1.27. The molecule has 4 rings (SSSR count). The van der Waals surface area contributed by atoms with Gasteiger partial charge < -0.3 is 25.1 Å². The van der Waals surface area contributed by atoms with Gasteiger partial charge in [-0.15, -0.1) is 0 Å². The molecule has 1 aromatic rings. The Morgan fingerprint density at radius 3 is 2.55 bits per heavy atom. The van der Waals surface area contributed by atoms with Crippen molar-refractivity contribution in [1.29, 1.82) is 0 Å². The highest BCUT2D eigenvalue weighted by atomic mass is 35.5. The smallest absolute Gasteiger partial charge is 0.410 e. The summed E-state index contributed by atoms with van der Waals surface area (Å²) in [6.45, 7) is 6.20. The van der Waals surface area contributed by atoms with Crippen LogP contribution in [0, 0.1) is 5.41 Å². The number of fused-ring (bicyclic) bond motifs is 1. The lowest BCUT2D eigenvalue weighted by molar-refractivity contribution is -0.128. The van der Waals surface area contributed by atoms with Crippen LogP contribution < -0.4 is 16.3 Å². The Labute approximate surface area is 226 Å². The van der Waals surface area contributed by atoms with Crippen LogP contribution in [0.5, 0.6) is 5.75 Å². The zero-order valence-electron chi connectivity index (χ0n) is 22.2. The number of ether oxygens (including phenoxy) is 2. The van der Waals surface area contributed by atoms with Crippen molar-refractivity contribution in [2.75, 3.05) is 33.3 Å². The fraction of sp³-hybridized carbons (Fsp3) is 0.615. The third-order valence-electron chi connectivity index (χ3n) is 7.25. The number of carbonyl (C=O) groups is 2. The van der Waals surface area contributed by atoms with Crippen LogP contribution in [0.1, 0.15) is 57.2 Å². The maximum Gasteiger partial charge on any atom is 0.410 e. The zero-order valence-corrected chi connectivity index (χ0v) is 23.0. The zero-order chi connectivity index (χ0) is 28.0. The first-order valence-electron chi connectivity index (χ1n) is 12.7. The molecule has 1 atom stereocenters. The molecule has 1 aromatic carbocycles. The number of nitrogens with two attached hydrogens (primary N) is 2. The summed E-state index contributed by atoms with van der Waals surface area (Å²) in [4.78, 5) is 29.6. The fourth-order valence-electron chi connectivity index (χ4n) is 5.25. The summed E-state index contributed by atoms with van der Waals surface area (Å²) in [6.07, 6.45) is -0.448. The number of hydrazine groups is 1. The first-order valence-corrected chi connectivity index (χ1v) is 13.1. The number of hydrogen-bond acceptors (Lipinski definition) is 7. The quantitative estimate of drug-likeness (QED) is 0.388. The number of nitrogens with zero attached hydrogens (tertiary/aromatic N) is 3. The predicted molar refractivity (Wildman–Crippen MR) is 138 cm³/mol. The van der Waals surface area contributed by atoms with Gasteiger partial charge in [0.2, 0.25) is 5.91 Å². The minimum absolute atomic E-state index is 0.0398. The lowest BCUT2D eigenvalue weighted by atomic mass is 9.91. The third kappa shape index (κ3) is 5.93. The van der Waals surface area contributed by atoms with E-state index < -0.39 is 29.9 Å². The van der Waals surface area contributed by atoms with Gasteiger partial charge >= 0.3 is 6.09 Å². The number of carbonyl (C=O) groups excluding carboxylic acids is 2. The van der Waals surface area contributed by atoms with Gasteiger partial charge in [0.25, 0.3) is 6.43 Å². The van der Waals surface area contributed by atoms with Crippen LogP contribution in [0.25, 0.3) is 0 Å². The maximum atomic E-state index is 13.5. The van der Waals surface area contributed by atoms with Gasteiger partial charge in [-0.3, -0.25) is 9.69 Å². The number of alkyl halides is 2. The highest BCUT2D eigenvalue weighted by Gasteiger charge is 2.52. The van der Waals surface area contributed by atoms with Crippen molar-refractivity contribution in [1.82, 2.24) is 14.8 Å². The number of likely N-dealkylation sites (tertiary alicyclic amines) is 1. The molecule has 12 heteroatoms. The molecule has 1 aliphatic carbocycles. The van der Waals surface area contributed by atoms with Crippen molar-refractivity contribution >= 4 is 23.6 Å². The van der Waals surface area contributed by atoms with Crippen LogP contribution in [0.4, 0.5) is 13.6 Å². The fourth-order valence-corrected chi connectivity index (χ4v) is 5.51. The molecule has 0 radical (unpaired) electrons. The summed E-state index contributed by atoms with van der Waals surface area (Å²) >= 11 is 6.58. The summed E-state index contributed by atoms with van der Waals surface area (Å²) in [5, 5.41) is 1.26. The Morgan fingerprint density at radius 2 is 2.00 bits per heavy atom. The molecular weight excluding hydrogens is 520 g/mol. The van der Waals surface area contributed by atoms with Crippen molar-refractivity contribution in [3.05, 3.63) is 39.7 Å². The molecule has 3 aliphatic rings. The molecule has 0 aromatic heterocycles. The van der Waals surface area contributed by atoms with Crippen LogP contribution in [0.2, 0.25) is 5.02 Å². The summed E-state index contributed by atoms with van der Waals surface area (Å²) < 4.78 is 38.7. The van der Waals surface area contributed by atoms with E-state index in [-0.39, 0.29) is 30.2 Å². The minimum Gasteiger partial charge on any atom is -0.487 e. The second-order valence-electron chi connectivity index (χ2n) is 11.4. The molecule has 2 aliphatic heterocycles. The predicted octanol–water partition coefficient (Wildman–Crippen LogP) is 3.81. The maximum absolute atomic E-state index is 13.5. The molecule has 1 saturated carbocycles. The van der Waals surface area contributed by atoms with E-state index in [4.69, 9.17) is 32.7 Å². The van der Waals surface area contributed by atoms with Crippen molar-refractivity contribution in [3.63, 3.8) is 0 Å². The van der Waals surface area contributed by atoms with E-state index in [2.05, 4.69) is 0 Å². The Hall–Kier alpha value is -2.79. The second kappa shape index (κ2) is 10.4. The third-order valence-corrected chi connectivity index (χ3v) is 7.61. The van der Waals surface area contributed by atoms with Crippen LogP contribution >= 0.6 is 11.6 Å². The van der Waals surface area contributed by atoms with Gasteiger partial charge in [0.1, 0.15) is 23.7 Å². The number of rotatable bonds is 7. The van der Waals surface area contributed by atoms with E-state index in [1.807, 2.05) is 0 Å². The first-order chi connectivity index (χ1) is 17.7. The summed E-state index contributed by atoms with van der Waals surface area (Å²) in [6, 6.07) is 2.68.